The van der Waals surface area contributed by atoms with Crippen LogP contribution in [0.3, 0.4) is 0 Å². The maximum absolute atomic E-state index is 4.34. The van der Waals surface area contributed by atoms with Crippen LogP contribution in [0, 0.1) is 0 Å². The van der Waals surface area contributed by atoms with E-state index in [0.717, 1.165) is 5.16 Å². The minimum atomic E-state index is 0.526. The van der Waals surface area contributed by atoms with Gasteiger partial charge < -0.3 is 14.8 Å². The molecule has 2 aromatic heterocycles. The molecule has 2 aromatic rings. The average molecular weight is 266 g/mol. The van der Waals surface area contributed by atoms with Crippen LogP contribution in [0.1, 0.15) is 0 Å². The molecule has 0 aliphatic carbocycles. The van der Waals surface area contributed by atoms with Crippen molar-refractivity contribution in [1.29, 1.82) is 0 Å². The molecule has 0 fully saturated rings. The Morgan fingerprint density at radius 3 is 2.61 bits per heavy atom. The van der Waals surface area contributed by atoms with Crippen molar-refractivity contribution in [3.8, 4) is 0 Å². The lowest BCUT2D eigenvalue weighted by molar-refractivity contribution is 0.781. The first-order valence-corrected chi connectivity index (χ1v) is 6.05. The van der Waals surface area contributed by atoms with Gasteiger partial charge in [0.25, 0.3) is 0 Å². The minimum Gasteiger partial charge on any atom is -0.357 e. The minimum absolute atomic E-state index is 0.526. The maximum atomic E-state index is 4.34. The molecule has 0 amide bonds. The zero-order chi connectivity index (χ0) is 13.1. The van der Waals surface area contributed by atoms with E-state index in [9.17, 15) is 0 Å². The van der Waals surface area contributed by atoms with Gasteiger partial charge in [-0.3, -0.25) is 0 Å². The molecule has 0 aromatic carbocycles. The van der Waals surface area contributed by atoms with Crippen molar-refractivity contribution in [2.24, 2.45) is 7.05 Å². The smallest absolute Gasteiger partial charge is 0.230 e. The predicted molar refractivity (Wildman–Crippen MR) is 68.8 cm³/mol. The number of nitrogens with one attached hydrogen (secondary N) is 1. The van der Waals surface area contributed by atoms with Crippen molar-refractivity contribution in [3.63, 3.8) is 0 Å². The van der Waals surface area contributed by atoms with Gasteiger partial charge in [0.05, 0.1) is 0 Å². The highest BCUT2D eigenvalue weighted by Gasteiger charge is 2.11. The lowest BCUT2D eigenvalue weighted by Crippen LogP contribution is -2.15. The van der Waals surface area contributed by atoms with Gasteiger partial charge in [-0.2, -0.15) is 15.0 Å². The van der Waals surface area contributed by atoms with Crippen LogP contribution in [0.15, 0.2) is 16.6 Å². The fourth-order valence-corrected chi connectivity index (χ4v) is 1.85. The molecule has 2 heterocycles. The molecule has 18 heavy (non-hydrogen) atoms. The Morgan fingerprint density at radius 2 is 2.06 bits per heavy atom. The van der Waals surface area contributed by atoms with Gasteiger partial charge in [0, 0.05) is 28.2 Å². The molecule has 0 saturated heterocycles. The summed E-state index contributed by atoms with van der Waals surface area (Å²) in [6.45, 7) is 0. The van der Waals surface area contributed by atoms with E-state index in [1.807, 2.05) is 30.6 Å². The van der Waals surface area contributed by atoms with Gasteiger partial charge in [0.1, 0.15) is 6.33 Å². The van der Waals surface area contributed by atoms with Gasteiger partial charge in [0.15, 0.2) is 5.16 Å². The second kappa shape index (κ2) is 5.17. The van der Waals surface area contributed by atoms with Crippen molar-refractivity contribution in [2.45, 2.75) is 10.3 Å². The molecule has 9 heteroatoms. The Kier molecular flexibility index (Phi) is 3.60. The third kappa shape index (κ3) is 2.67. The van der Waals surface area contributed by atoms with Gasteiger partial charge in [-0.1, -0.05) is 0 Å². The van der Waals surface area contributed by atoms with E-state index in [0.29, 0.717) is 17.1 Å². The predicted octanol–water partition coefficient (Wildman–Crippen LogP) is 0.259. The first kappa shape index (κ1) is 12.6. The Morgan fingerprint density at radius 1 is 1.28 bits per heavy atom. The number of aryl methyl sites for hydroxylation is 1. The van der Waals surface area contributed by atoms with Gasteiger partial charge in [-0.15, -0.1) is 10.2 Å². The van der Waals surface area contributed by atoms with E-state index < -0.39 is 0 Å². The summed E-state index contributed by atoms with van der Waals surface area (Å²) in [6.07, 6.45) is 1.63. The summed E-state index contributed by atoms with van der Waals surface area (Å²) >= 11 is 1.34. The quantitative estimate of drug-likeness (QED) is 0.843. The molecule has 0 saturated carbocycles. The lowest BCUT2D eigenvalue weighted by atomic mass is 10.8. The molecule has 1 N–H and O–H groups in total. The lowest BCUT2D eigenvalue weighted by Gasteiger charge is -2.11. The van der Waals surface area contributed by atoms with Gasteiger partial charge >= 0.3 is 0 Å². The van der Waals surface area contributed by atoms with Crippen LogP contribution in [0.25, 0.3) is 0 Å². The highest BCUT2D eigenvalue weighted by atomic mass is 32.2. The Bertz CT molecular complexity index is 537. The summed E-state index contributed by atoms with van der Waals surface area (Å²) in [7, 11) is 7.40. The summed E-state index contributed by atoms with van der Waals surface area (Å²) in [5.74, 6) is 1.12. The van der Waals surface area contributed by atoms with Crippen molar-refractivity contribution >= 4 is 23.7 Å². The third-order valence-electron chi connectivity index (χ3n) is 2.08. The van der Waals surface area contributed by atoms with E-state index in [-0.39, 0.29) is 0 Å². The highest BCUT2D eigenvalue weighted by Crippen LogP contribution is 2.23. The van der Waals surface area contributed by atoms with E-state index in [1.54, 1.807) is 13.4 Å². The molecule has 2 rings (SSSR count). The zero-order valence-electron chi connectivity index (χ0n) is 10.6. The van der Waals surface area contributed by atoms with Crippen molar-refractivity contribution in [3.05, 3.63) is 6.33 Å². The molecular weight excluding hydrogens is 252 g/mol. The summed E-state index contributed by atoms with van der Waals surface area (Å²) in [4.78, 5) is 14.7. The van der Waals surface area contributed by atoms with Crippen molar-refractivity contribution in [2.75, 3.05) is 31.4 Å². The summed E-state index contributed by atoms with van der Waals surface area (Å²) in [5.41, 5.74) is 0. The topological polar surface area (TPSA) is 84.7 Å². The summed E-state index contributed by atoms with van der Waals surface area (Å²) in [5, 5.41) is 12.0. The maximum Gasteiger partial charge on any atom is 0.230 e. The molecule has 96 valence electrons. The van der Waals surface area contributed by atoms with Gasteiger partial charge in [-0.25, -0.2) is 0 Å². The largest absolute Gasteiger partial charge is 0.357 e. The fraction of sp³-hybridized carbons (Fsp3) is 0.444. The number of hydrogen-bond acceptors (Lipinski definition) is 8. The van der Waals surface area contributed by atoms with Gasteiger partial charge in [0.2, 0.25) is 17.1 Å². The standard InChI is InChI=1S/C9H14N8S/c1-10-6-12-7(16(2)3)14-8(13-6)18-9-15-11-5-17(9)4/h5H,1-4H3,(H,10,12,13,14). The Labute approximate surface area is 109 Å². The molecule has 0 bridgehead atoms. The molecule has 8 nitrogen and oxygen atoms in total. The molecular formula is C9H14N8S. The van der Waals surface area contributed by atoms with Crippen molar-refractivity contribution < 1.29 is 0 Å². The van der Waals surface area contributed by atoms with Crippen LogP contribution >= 0.6 is 11.8 Å². The first-order valence-electron chi connectivity index (χ1n) is 5.23. The molecule has 0 aliphatic heterocycles. The second-order valence-corrected chi connectivity index (χ2v) is 4.65. The summed E-state index contributed by atoms with van der Waals surface area (Å²) in [6, 6.07) is 0. The van der Waals surface area contributed by atoms with Crippen molar-refractivity contribution in [1.82, 2.24) is 29.7 Å². The van der Waals surface area contributed by atoms with Crippen LogP contribution < -0.4 is 10.2 Å². The number of anilines is 2. The number of nitrogens with zero attached hydrogens (tertiary/aromatic N) is 7. The van der Waals surface area contributed by atoms with E-state index >= 15 is 0 Å². The van der Waals surface area contributed by atoms with Crippen LogP contribution in [0.2, 0.25) is 0 Å². The van der Waals surface area contributed by atoms with Crippen LogP contribution in [0.5, 0.6) is 0 Å². The average Bonchev–Trinajstić information content (AvgIpc) is 2.74. The Hall–Kier alpha value is -1.90. The second-order valence-electron chi connectivity index (χ2n) is 3.71. The van der Waals surface area contributed by atoms with Gasteiger partial charge in [-0.05, 0) is 11.8 Å². The van der Waals surface area contributed by atoms with Crippen LogP contribution in [-0.4, -0.2) is 50.9 Å². The van der Waals surface area contributed by atoms with Crippen LogP contribution in [0.4, 0.5) is 11.9 Å². The normalized spacial score (nSPS) is 10.4. The molecule has 0 unspecified atom stereocenters. The third-order valence-corrected chi connectivity index (χ3v) is 3.00. The van der Waals surface area contributed by atoms with E-state index in [2.05, 4.69) is 30.5 Å². The molecule has 0 spiro atoms. The molecule has 0 atom stereocenters. The Balaban J connectivity index is 2.32. The van der Waals surface area contributed by atoms with E-state index in [4.69, 9.17) is 0 Å². The fourth-order valence-electron chi connectivity index (χ4n) is 1.15. The molecule has 0 aliphatic rings. The molecule has 0 radical (unpaired) electrons. The first-order chi connectivity index (χ1) is 8.60. The highest BCUT2D eigenvalue weighted by molar-refractivity contribution is 7.99. The number of hydrogen-bond donors (Lipinski definition) is 1. The van der Waals surface area contributed by atoms with Crippen LogP contribution in [-0.2, 0) is 7.05 Å². The number of rotatable bonds is 4. The summed E-state index contributed by atoms with van der Waals surface area (Å²) < 4.78 is 1.81. The zero-order valence-corrected chi connectivity index (χ0v) is 11.4. The van der Waals surface area contributed by atoms with E-state index in [1.165, 1.54) is 11.8 Å². The SMILES string of the molecule is CNc1nc(Sc2nncn2C)nc(N(C)C)n1. The number of aromatic nitrogens is 6. The monoisotopic (exact) mass is 266 g/mol.